The summed E-state index contributed by atoms with van der Waals surface area (Å²) >= 11 is 6.55. The van der Waals surface area contributed by atoms with Crippen LogP contribution in [-0.2, 0) is 11.2 Å². The van der Waals surface area contributed by atoms with Gasteiger partial charge in [-0.2, -0.15) is 5.10 Å². The van der Waals surface area contributed by atoms with E-state index in [2.05, 4.69) is 22.4 Å². The summed E-state index contributed by atoms with van der Waals surface area (Å²) in [6.45, 7) is 3.32. The van der Waals surface area contributed by atoms with Crippen LogP contribution in [0, 0.1) is 0 Å². The highest BCUT2D eigenvalue weighted by Gasteiger charge is 2.22. The Balaban J connectivity index is 1.35. The highest BCUT2D eigenvalue weighted by Crippen LogP contribution is 2.38. The fraction of sp³-hybridized carbons (Fsp3) is 0.143. The number of methoxy groups -OCH3 is 2. The summed E-state index contributed by atoms with van der Waals surface area (Å²) in [5.74, 6) is -0.859. The van der Waals surface area contributed by atoms with E-state index < -0.39 is 17.8 Å². The molecular formula is C35H30ClN3O7. The molecule has 0 radical (unpaired) electrons. The minimum Gasteiger partial charge on any atom is -0.493 e. The lowest BCUT2D eigenvalue weighted by atomic mass is 9.99. The van der Waals surface area contributed by atoms with E-state index in [1.807, 2.05) is 36.4 Å². The minimum absolute atomic E-state index is 0.158. The van der Waals surface area contributed by atoms with Crippen LogP contribution >= 0.6 is 11.6 Å². The van der Waals surface area contributed by atoms with Crippen LogP contribution in [0.4, 0.5) is 0 Å². The molecule has 234 valence electrons. The quantitative estimate of drug-likeness (QED) is 0.0730. The summed E-state index contributed by atoms with van der Waals surface area (Å²) in [5, 5.41) is 5.57. The number of aromatic amines is 1. The molecule has 0 saturated carbocycles. The van der Waals surface area contributed by atoms with Crippen molar-refractivity contribution in [1.29, 1.82) is 0 Å². The molecule has 0 saturated heterocycles. The van der Waals surface area contributed by atoms with E-state index in [-0.39, 0.29) is 28.6 Å². The number of para-hydroxylation sites is 1. The summed E-state index contributed by atoms with van der Waals surface area (Å²) in [7, 11) is 2.83. The average molecular weight is 640 g/mol. The first-order valence-corrected chi connectivity index (χ1v) is 14.6. The van der Waals surface area contributed by atoms with Crippen LogP contribution in [0.1, 0.15) is 45.8 Å². The van der Waals surface area contributed by atoms with Gasteiger partial charge in [0.25, 0.3) is 5.91 Å². The van der Waals surface area contributed by atoms with Crippen LogP contribution in [0.25, 0.3) is 22.0 Å². The summed E-state index contributed by atoms with van der Waals surface area (Å²) in [4.78, 5) is 40.9. The monoisotopic (exact) mass is 639 g/mol. The molecule has 0 aliphatic carbocycles. The molecule has 10 nitrogen and oxygen atoms in total. The number of hydrogen-bond donors (Lipinski definition) is 2. The van der Waals surface area contributed by atoms with Crippen molar-refractivity contribution in [3.05, 3.63) is 106 Å². The number of hydrazone groups is 1. The molecule has 11 heteroatoms. The number of rotatable bonds is 10. The van der Waals surface area contributed by atoms with Crippen molar-refractivity contribution in [3.63, 3.8) is 0 Å². The Morgan fingerprint density at radius 1 is 0.870 bits per heavy atom. The predicted octanol–water partition coefficient (Wildman–Crippen LogP) is 6.98. The van der Waals surface area contributed by atoms with Gasteiger partial charge >= 0.3 is 11.9 Å². The van der Waals surface area contributed by atoms with E-state index in [4.69, 9.17) is 30.5 Å². The molecule has 0 aliphatic rings. The molecule has 1 aromatic heterocycles. The molecule has 4 aromatic carbocycles. The molecule has 1 heterocycles. The zero-order valence-electron chi connectivity index (χ0n) is 25.5. The van der Waals surface area contributed by atoms with Crippen LogP contribution < -0.4 is 24.4 Å². The molecular weight excluding hydrogens is 610 g/mol. The Kier molecular flexibility index (Phi) is 9.68. The number of esters is 2. The van der Waals surface area contributed by atoms with Crippen molar-refractivity contribution in [2.75, 3.05) is 14.2 Å². The Morgan fingerprint density at radius 3 is 2.30 bits per heavy atom. The zero-order chi connectivity index (χ0) is 32.8. The lowest BCUT2D eigenvalue weighted by molar-refractivity contribution is -0.132. The van der Waals surface area contributed by atoms with Crippen molar-refractivity contribution < 1.29 is 33.3 Å². The minimum atomic E-state index is -0.682. The van der Waals surface area contributed by atoms with Gasteiger partial charge in [0.15, 0.2) is 23.0 Å². The van der Waals surface area contributed by atoms with E-state index in [0.717, 1.165) is 28.5 Å². The first-order valence-electron chi connectivity index (χ1n) is 14.2. The van der Waals surface area contributed by atoms with Gasteiger partial charge in [-0.1, -0.05) is 54.9 Å². The molecule has 1 amide bonds. The summed E-state index contributed by atoms with van der Waals surface area (Å²) < 4.78 is 21.3. The molecule has 0 unspecified atom stereocenters. The van der Waals surface area contributed by atoms with Gasteiger partial charge in [0.2, 0.25) is 0 Å². The third-order valence-electron chi connectivity index (χ3n) is 7.09. The van der Waals surface area contributed by atoms with Crippen LogP contribution in [0.2, 0.25) is 5.02 Å². The number of H-pyrrole nitrogens is 1. The van der Waals surface area contributed by atoms with Gasteiger partial charge in [-0.25, -0.2) is 10.2 Å². The molecule has 0 fully saturated rings. The number of benzene rings is 4. The Labute approximate surface area is 269 Å². The standard InChI is InChI=1S/C35H30ClN3O7/c1-5-22-9-8-11-25-31(24-10-6-7-12-26(24)36)33(38-32(22)25)34(41)39-37-19-21-13-15-28(29(17-21)43-3)46-35(42)23-14-16-27(45-20(2)40)30(18-23)44-4/h6-19,38H,5H2,1-4H3,(H,39,41). The van der Waals surface area contributed by atoms with Crippen LogP contribution in [0.3, 0.4) is 0 Å². The predicted molar refractivity (Wildman–Crippen MR) is 175 cm³/mol. The van der Waals surface area contributed by atoms with Crippen LogP contribution in [0.15, 0.2) is 84.0 Å². The maximum atomic E-state index is 13.4. The number of nitrogens with one attached hydrogen (secondary N) is 2. The molecule has 5 aromatic rings. The maximum absolute atomic E-state index is 13.4. The lowest BCUT2D eigenvalue weighted by Crippen LogP contribution is -2.19. The summed E-state index contributed by atoms with van der Waals surface area (Å²) in [6, 6.07) is 22.4. The second-order valence-electron chi connectivity index (χ2n) is 10.0. The summed E-state index contributed by atoms with van der Waals surface area (Å²) in [6.07, 6.45) is 2.22. The van der Waals surface area contributed by atoms with Crippen molar-refractivity contribution in [1.82, 2.24) is 10.4 Å². The van der Waals surface area contributed by atoms with E-state index in [0.29, 0.717) is 21.8 Å². The van der Waals surface area contributed by atoms with E-state index in [1.54, 1.807) is 24.3 Å². The third-order valence-corrected chi connectivity index (χ3v) is 7.42. The maximum Gasteiger partial charge on any atom is 0.343 e. The number of halogens is 1. The van der Waals surface area contributed by atoms with E-state index in [1.165, 1.54) is 45.6 Å². The fourth-order valence-electron chi connectivity index (χ4n) is 4.95. The number of ether oxygens (including phenoxy) is 4. The normalized spacial score (nSPS) is 11.0. The molecule has 0 bridgehead atoms. The van der Waals surface area contributed by atoms with Crippen molar-refractivity contribution >= 4 is 46.6 Å². The number of carbonyl (C=O) groups excluding carboxylic acids is 3. The third kappa shape index (κ3) is 6.72. The first kappa shape index (κ1) is 31.8. The number of aromatic nitrogens is 1. The molecule has 0 aliphatic heterocycles. The second-order valence-corrected chi connectivity index (χ2v) is 10.4. The fourth-order valence-corrected chi connectivity index (χ4v) is 5.18. The number of amides is 1. The average Bonchev–Trinajstić information content (AvgIpc) is 3.45. The Morgan fingerprint density at radius 2 is 1.59 bits per heavy atom. The second kappa shape index (κ2) is 14.0. The van der Waals surface area contributed by atoms with E-state index in [9.17, 15) is 14.4 Å². The van der Waals surface area contributed by atoms with Crippen molar-refractivity contribution in [2.45, 2.75) is 20.3 Å². The molecule has 2 N–H and O–H groups in total. The Bertz CT molecular complexity index is 1980. The summed E-state index contributed by atoms with van der Waals surface area (Å²) in [5.41, 5.74) is 7.02. The number of hydrogen-bond acceptors (Lipinski definition) is 8. The zero-order valence-corrected chi connectivity index (χ0v) is 26.2. The van der Waals surface area contributed by atoms with Gasteiger partial charge in [-0.3, -0.25) is 9.59 Å². The number of aryl methyl sites for hydroxylation is 1. The SMILES string of the molecule is CCc1cccc2c(-c3ccccc3Cl)c(C(=O)NN=Cc3ccc(OC(=O)c4ccc(OC(C)=O)c(OC)c4)c(OC)c3)[nH]c12. The highest BCUT2D eigenvalue weighted by molar-refractivity contribution is 6.34. The smallest absolute Gasteiger partial charge is 0.343 e. The first-order chi connectivity index (χ1) is 22.2. The molecule has 5 rings (SSSR count). The van der Waals surface area contributed by atoms with Crippen molar-refractivity contribution in [3.8, 4) is 34.1 Å². The lowest BCUT2D eigenvalue weighted by Gasteiger charge is -2.12. The largest absolute Gasteiger partial charge is 0.493 e. The van der Waals surface area contributed by atoms with Crippen LogP contribution in [0.5, 0.6) is 23.0 Å². The molecule has 46 heavy (non-hydrogen) atoms. The van der Waals surface area contributed by atoms with Crippen molar-refractivity contribution in [2.24, 2.45) is 5.10 Å². The van der Waals surface area contributed by atoms with Gasteiger partial charge in [0.1, 0.15) is 5.69 Å². The van der Waals surface area contributed by atoms with Gasteiger partial charge < -0.3 is 23.9 Å². The van der Waals surface area contributed by atoms with Crippen LogP contribution in [-0.4, -0.2) is 43.3 Å². The highest BCUT2D eigenvalue weighted by atomic mass is 35.5. The van der Waals surface area contributed by atoms with Gasteiger partial charge in [0, 0.05) is 34.0 Å². The topological polar surface area (TPSA) is 128 Å². The van der Waals surface area contributed by atoms with Gasteiger partial charge in [-0.15, -0.1) is 0 Å². The van der Waals surface area contributed by atoms with Gasteiger partial charge in [-0.05, 0) is 60.0 Å². The van der Waals surface area contributed by atoms with Gasteiger partial charge in [0.05, 0.1) is 26.0 Å². The number of fused-ring (bicyclic) bond motifs is 1. The number of carbonyl (C=O) groups is 3. The number of nitrogens with zero attached hydrogens (tertiary/aromatic N) is 1. The molecule has 0 atom stereocenters. The van der Waals surface area contributed by atoms with E-state index >= 15 is 0 Å². The molecule has 0 spiro atoms. The Hall–Kier alpha value is -5.61.